The zero-order valence-corrected chi connectivity index (χ0v) is 34.7. The number of thiophene rings is 1. The van der Waals surface area contributed by atoms with E-state index in [1.807, 2.05) is 11.3 Å². The van der Waals surface area contributed by atoms with E-state index in [0.717, 1.165) is 17.1 Å². The number of rotatable bonds is 7. The van der Waals surface area contributed by atoms with Crippen LogP contribution in [-0.2, 0) is 0 Å². The summed E-state index contributed by atoms with van der Waals surface area (Å²) in [5, 5.41) is 10.2. The molecule has 1 aromatic heterocycles. The number of hydrogen-bond acceptors (Lipinski definition) is 2. The Labute approximate surface area is 365 Å². The Kier molecular flexibility index (Phi) is 8.76. The predicted octanol–water partition coefficient (Wildman–Crippen LogP) is 17.7. The Hall–Kier alpha value is -7.78. The third kappa shape index (κ3) is 6.32. The molecular weight excluding hydrogens is 767 g/mol. The van der Waals surface area contributed by atoms with Crippen LogP contribution in [0.3, 0.4) is 0 Å². The SMILES string of the molecule is c1ccc(-c2cccc(N(c3ccc(-c4cc5ccccc5c5ccccc45)cc3)c3ccc(-c4ccc5sc6cc7ccccc7cc6c5c4)cc3-c3ccccc3)c2)cc1. The second-order valence-electron chi connectivity index (χ2n) is 16.1. The standard InChI is InChI=1S/C60H39NS/c1-3-14-40(15-4-1)43-21-13-22-50(34-43)61(49-30-26-42(27-31-49)54-38-48-20-9-10-23-51(48)52-24-11-12-25-53(52)54)58-32-28-46(35-55(58)41-16-5-2-6-17-41)47-29-33-59-56(37-47)57-36-44-18-7-8-19-45(44)39-60(57)62-59/h1-39H. The molecule has 62 heavy (non-hydrogen) atoms. The molecule has 12 aromatic rings. The first-order chi connectivity index (χ1) is 30.7. The lowest BCUT2D eigenvalue weighted by atomic mass is 9.93. The highest BCUT2D eigenvalue weighted by Gasteiger charge is 2.20. The van der Waals surface area contributed by atoms with Crippen LogP contribution in [0.25, 0.3) is 97.0 Å². The van der Waals surface area contributed by atoms with Crippen molar-refractivity contribution in [1.29, 1.82) is 0 Å². The molecule has 0 aliphatic heterocycles. The van der Waals surface area contributed by atoms with Crippen molar-refractivity contribution in [2.24, 2.45) is 0 Å². The van der Waals surface area contributed by atoms with Gasteiger partial charge in [-0.25, -0.2) is 0 Å². The largest absolute Gasteiger partial charge is 0.310 e. The summed E-state index contributed by atoms with van der Waals surface area (Å²) >= 11 is 1.87. The molecule has 0 bridgehead atoms. The molecule has 0 saturated heterocycles. The van der Waals surface area contributed by atoms with E-state index in [1.54, 1.807) is 0 Å². The number of fused-ring (bicyclic) bond motifs is 7. The van der Waals surface area contributed by atoms with Crippen LogP contribution in [0.1, 0.15) is 0 Å². The van der Waals surface area contributed by atoms with Gasteiger partial charge in [0.1, 0.15) is 0 Å². The second kappa shape index (κ2) is 15.0. The molecule has 0 spiro atoms. The van der Waals surface area contributed by atoms with E-state index >= 15 is 0 Å². The topological polar surface area (TPSA) is 3.24 Å². The minimum atomic E-state index is 1.09. The lowest BCUT2D eigenvalue weighted by Gasteiger charge is -2.29. The third-order valence-corrected chi connectivity index (χ3v) is 13.5. The van der Waals surface area contributed by atoms with Crippen molar-refractivity contribution < 1.29 is 0 Å². The van der Waals surface area contributed by atoms with Crippen molar-refractivity contribution in [3.63, 3.8) is 0 Å². The number of nitrogens with zero attached hydrogens (tertiary/aromatic N) is 1. The summed E-state index contributed by atoms with van der Waals surface area (Å²) in [6, 6.07) is 86.8. The van der Waals surface area contributed by atoms with Crippen LogP contribution in [0.5, 0.6) is 0 Å². The summed E-state index contributed by atoms with van der Waals surface area (Å²) in [7, 11) is 0. The molecule has 1 nitrogen and oxygen atoms in total. The van der Waals surface area contributed by atoms with Gasteiger partial charge >= 0.3 is 0 Å². The van der Waals surface area contributed by atoms with E-state index in [0.29, 0.717) is 0 Å². The molecule has 0 saturated carbocycles. The molecule has 0 amide bonds. The fourth-order valence-corrected chi connectivity index (χ4v) is 10.5. The van der Waals surface area contributed by atoms with E-state index in [4.69, 9.17) is 0 Å². The Morgan fingerprint density at radius 1 is 0.258 bits per heavy atom. The summed E-state index contributed by atoms with van der Waals surface area (Å²) < 4.78 is 2.63. The molecule has 11 aromatic carbocycles. The van der Waals surface area contributed by atoms with Crippen molar-refractivity contribution in [3.8, 4) is 44.5 Å². The van der Waals surface area contributed by atoms with Crippen LogP contribution in [-0.4, -0.2) is 0 Å². The lowest BCUT2D eigenvalue weighted by molar-refractivity contribution is 1.28. The summed E-state index contributed by atoms with van der Waals surface area (Å²) in [6.45, 7) is 0. The molecule has 12 rings (SSSR count). The zero-order valence-electron chi connectivity index (χ0n) is 33.9. The summed E-state index contributed by atoms with van der Waals surface area (Å²) in [6.07, 6.45) is 0. The van der Waals surface area contributed by atoms with Crippen LogP contribution < -0.4 is 4.90 Å². The smallest absolute Gasteiger partial charge is 0.0540 e. The Morgan fingerprint density at radius 3 is 1.61 bits per heavy atom. The molecular formula is C60H39NS. The second-order valence-corrected chi connectivity index (χ2v) is 17.2. The number of benzene rings is 11. The van der Waals surface area contributed by atoms with Crippen LogP contribution in [0.4, 0.5) is 17.1 Å². The fourth-order valence-electron chi connectivity index (χ4n) is 9.37. The van der Waals surface area contributed by atoms with Gasteiger partial charge in [0.05, 0.1) is 5.69 Å². The van der Waals surface area contributed by atoms with Crippen molar-refractivity contribution in [2.75, 3.05) is 4.90 Å². The Bertz CT molecular complexity index is 3620. The molecule has 1 heterocycles. The molecule has 0 aliphatic rings. The van der Waals surface area contributed by atoms with Gasteiger partial charge in [-0.05, 0) is 138 Å². The first-order valence-electron chi connectivity index (χ1n) is 21.2. The van der Waals surface area contributed by atoms with Gasteiger partial charge in [0, 0.05) is 37.1 Å². The van der Waals surface area contributed by atoms with Crippen LogP contribution in [0.15, 0.2) is 237 Å². The molecule has 2 heteroatoms. The summed E-state index contributed by atoms with van der Waals surface area (Å²) in [5.74, 6) is 0. The normalized spacial score (nSPS) is 11.5. The average molecular weight is 806 g/mol. The van der Waals surface area contributed by atoms with E-state index in [9.17, 15) is 0 Å². The van der Waals surface area contributed by atoms with Crippen LogP contribution in [0, 0.1) is 0 Å². The van der Waals surface area contributed by atoms with E-state index in [-0.39, 0.29) is 0 Å². The quantitative estimate of drug-likeness (QED) is 0.145. The number of anilines is 3. The van der Waals surface area contributed by atoms with Gasteiger partial charge in [-0.2, -0.15) is 0 Å². The maximum absolute atomic E-state index is 2.43. The first-order valence-corrected chi connectivity index (χ1v) is 22.0. The van der Waals surface area contributed by atoms with Crippen molar-refractivity contribution in [1.82, 2.24) is 0 Å². The molecule has 0 fully saturated rings. The van der Waals surface area contributed by atoms with E-state index in [2.05, 4.69) is 241 Å². The third-order valence-electron chi connectivity index (χ3n) is 12.4. The summed E-state index contributed by atoms with van der Waals surface area (Å²) in [5.41, 5.74) is 12.8. The van der Waals surface area contributed by atoms with E-state index < -0.39 is 0 Å². The van der Waals surface area contributed by atoms with Gasteiger partial charge in [0.25, 0.3) is 0 Å². The highest BCUT2D eigenvalue weighted by Crippen LogP contribution is 2.46. The highest BCUT2D eigenvalue weighted by atomic mass is 32.1. The highest BCUT2D eigenvalue weighted by molar-refractivity contribution is 7.25. The zero-order chi connectivity index (χ0) is 41.0. The van der Waals surface area contributed by atoms with Crippen molar-refractivity contribution in [3.05, 3.63) is 237 Å². The minimum absolute atomic E-state index is 1.09. The molecule has 0 radical (unpaired) electrons. The van der Waals surface area contributed by atoms with Gasteiger partial charge in [-0.1, -0.05) is 170 Å². The predicted molar refractivity (Wildman–Crippen MR) is 268 cm³/mol. The van der Waals surface area contributed by atoms with Crippen molar-refractivity contribution in [2.45, 2.75) is 0 Å². The first kappa shape index (κ1) is 36.1. The molecule has 0 atom stereocenters. The van der Waals surface area contributed by atoms with Crippen LogP contribution >= 0.6 is 11.3 Å². The monoisotopic (exact) mass is 805 g/mol. The van der Waals surface area contributed by atoms with Gasteiger partial charge in [-0.15, -0.1) is 11.3 Å². The lowest BCUT2D eigenvalue weighted by Crippen LogP contribution is -2.11. The summed E-state index contributed by atoms with van der Waals surface area (Å²) in [4.78, 5) is 2.43. The van der Waals surface area contributed by atoms with Gasteiger partial charge in [-0.3, -0.25) is 0 Å². The average Bonchev–Trinajstić information content (AvgIpc) is 3.70. The fraction of sp³-hybridized carbons (Fsp3) is 0. The Balaban J connectivity index is 1.03. The number of hydrogen-bond donors (Lipinski definition) is 0. The maximum Gasteiger partial charge on any atom is 0.0540 e. The minimum Gasteiger partial charge on any atom is -0.310 e. The molecule has 290 valence electrons. The molecule has 0 unspecified atom stereocenters. The van der Waals surface area contributed by atoms with Gasteiger partial charge in [0.15, 0.2) is 0 Å². The molecule has 0 aliphatic carbocycles. The van der Waals surface area contributed by atoms with Gasteiger partial charge in [0.2, 0.25) is 0 Å². The van der Waals surface area contributed by atoms with Gasteiger partial charge < -0.3 is 4.90 Å². The molecule has 0 N–H and O–H groups in total. The van der Waals surface area contributed by atoms with Crippen molar-refractivity contribution >= 4 is 80.9 Å². The maximum atomic E-state index is 2.43. The Morgan fingerprint density at radius 2 is 0.823 bits per heavy atom. The van der Waals surface area contributed by atoms with E-state index in [1.165, 1.54) is 97.0 Å². The van der Waals surface area contributed by atoms with Crippen LogP contribution in [0.2, 0.25) is 0 Å².